The molecule has 0 aromatic carbocycles. The number of rotatable bonds is 1. The van der Waals surface area contributed by atoms with Gasteiger partial charge in [0.25, 0.3) is 0 Å². The monoisotopic (exact) mass is 282 g/mol. The molecule has 0 radical (unpaired) electrons. The predicted octanol–water partition coefficient (Wildman–Crippen LogP) is 1.12. The van der Waals surface area contributed by atoms with Crippen LogP contribution in [0.3, 0.4) is 0 Å². The Labute approximate surface area is 116 Å². The van der Waals surface area contributed by atoms with E-state index >= 15 is 0 Å². The number of hydrogen-bond acceptors (Lipinski definition) is 5. The lowest BCUT2D eigenvalue weighted by Crippen LogP contribution is -2.47. The fourth-order valence-electron chi connectivity index (χ4n) is 2.03. The third-order valence-corrected chi connectivity index (χ3v) is 2.96. The van der Waals surface area contributed by atoms with Crippen molar-refractivity contribution in [2.24, 2.45) is 0 Å². The minimum Gasteiger partial charge on any atom is -0.476 e. The molecule has 1 aliphatic rings. The molecule has 1 N–H and O–H groups in total. The number of carboxylic acids is 1. The molecule has 0 spiro atoms. The molecule has 1 aromatic heterocycles. The Morgan fingerprint density at radius 3 is 2.60 bits per heavy atom. The van der Waals surface area contributed by atoms with Crippen LogP contribution in [0.4, 0.5) is 4.79 Å². The van der Waals surface area contributed by atoms with E-state index in [0.29, 0.717) is 12.2 Å². The van der Waals surface area contributed by atoms with E-state index in [2.05, 4.69) is 10.3 Å². The highest BCUT2D eigenvalue weighted by molar-refractivity contribution is 5.86. The van der Waals surface area contributed by atoms with Crippen LogP contribution in [-0.4, -0.2) is 48.7 Å². The lowest BCUT2D eigenvalue weighted by atomic mass is 10.1. The Hall–Kier alpha value is -2.12. The molecular weight excluding hydrogens is 264 g/mol. The number of hydrogen-bond donors (Lipinski definition) is 1. The molecule has 110 valence electrons. The summed E-state index contributed by atoms with van der Waals surface area (Å²) in [5, 5.41) is 16.5. The highest BCUT2D eigenvalue weighted by Gasteiger charge is 2.34. The summed E-state index contributed by atoms with van der Waals surface area (Å²) in [7, 11) is 0. The van der Waals surface area contributed by atoms with Crippen molar-refractivity contribution in [3.63, 3.8) is 0 Å². The molecule has 20 heavy (non-hydrogen) atoms. The maximum absolute atomic E-state index is 12.1. The van der Waals surface area contributed by atoms with Crippen LogP contribution >= 0.6 is 0 Å². The second-order valence-corrected chi connectivity index (χ2v) is 5.83. The van der Waals surface area contributed by atoms with Crippen LogP contribution < -0.4 is 0 Å². The number of aromatic nitrogens is 3. The third kappa shape index (κ3) is 2.73. The summed E-state index contributed by atoms with van der Waals surface area (Å²) in [6.07, 6.45) is -0.464. The molecule has 1 atom stereocenters. The van der Waals surface area contributed by atoms with Crippen LogP contribution in [0.2, 0.25) is 0 Å². The van der Waals surface area contributed by atoms with Crippen molar-refractivity contribution in [3.05, 3.63) is 11.4 Å². The topological polar surface area (TPSA) is 97.5 Å². The molecule has 1 aromatic rings. The SMILES string of the molecule is C[C@H]1Cn2nnc(C(=O)O)c2CN1C(=O)OC(C)(C)C. The van der Waals surface area contributed by atoms with Crippen molar-refractivity contribution in [3.8, 4) is 0 Å². The van der Waals surface area contributed by atoms with Crippen LogP contribution in [0.1, 0.15) is 43.9 Å². The lowest BCUT2D eigenvalue weighted by molar-refractivity contribution is 0.00876. The Kier molecular flexibility index (Phi) is 3.41. The van der Waals surface area contributed by atoms with Crippen molar-refractivity contribution in [2.45, 2.75) is 52.4 Å². The Morgan fingerprint density at radius 2 is 2.05 bits per heavy atom. The molecule has 1 aliphatic heterocycles. The number of carbonyl (C=O) groups excluding carboxylic acids is 1. The predicted molar refractivity (Wildman–Crippen MR) is 68.2 cm³/mol. The Morgan fingerprint density at radius 1 is 1.40 bits per heavy atom. The molecule has 0 fully saturated rings. The number of amides is 1. The van der Waals surface area contributed by atoms with E-state index in [1.807, 2.05) is 6.92 Å². The summed E-state index contributed by atoms with van der Waals surface area (Å²) in [6.45, 7) is 7.74. The van der Waals surface area contributed by atoms with Gasteiger partial charge in [0.15, 0.2) is 5.69 Å². The fourth-order valence-corrected chi connectivity index (χ4v) is 2.03. The normalized spacial score (nSPS) is 18.6. The molecule has 2 rings (SSSR count). The molecule has 0 saturated heterocycles. The van der Waals surface area contributed by atoms with E-state index < -0.39 is 17.7 Å². The summed E-state index contributed by atoms with van der Waals surface area (Å²) in [5.74, 6) is -1.15. The number of nitrogens with zero attached hydrogens (tertiary/aromatic N) is 4. The maximum Gasteiger partial charge on any atom is 0.410 e. The average molecular weight is 282 g/mol. The number of carboxylic acid groups (broad SMARTS) is 1. The zero-order chi connectivity index (χ0) is 15.1. The zero-order valence-electron chi connectivity index (χ0n) is 12.0. The summed E-state index contributed by atoms with van der Waals surface area (Å²) in [5.41, 5.74) is -0.297. The van der Waals surface area contributed by atoms with Gasteiger partial charge in [0, 0.05) is 0 Å². The molecule has 8 nitrogen and oxygen atoms in total. The summed E-state index contributed by atoms with van der Waals surface area (Å²) in [4.78, 5) is 24.7. The highest BCUT2D eigenvalue weighted by atomic mass is 16.6. The summed E-state index contributed by atoms with van der Waals surface area (Å²) in [6, 6.07) is -0.138. The maximum atomic E-state index is 12.1. The number of fused-ring (bicyclic) bond motifs is 1. The van der Waals surface area contributed by atoms with Gasteiger partial charge in [-0.15, -0.1) is 5.10 Å². The van der Waals surface area contributed by atoms with E-state index in [1.165, 1.54) is 9.58 Å². The molecule has 8 heteroatoms. The first-order valence-corrected chi connectivity index (χ1v) is 6.34. The van der Waals surface area contributed by atoms with Crippen molar-refractivity contribution >= 4 is 12.1 Å². The minimum absolute atomic E-state index is 0.120. The van der Waals surface area contributed by atoms with Crippen LogP contribution in [0.5, 0.6) is 0 Å². The van der Waals surface area contributed by atoms with Gasteiger partial charge in [-0.05, 0) is 27.7 Å². The smallest absolute Gasteiger partial charge is 0.410 e. The molecule has 1 amide bonds. The van der Waals surface area contributed by atoms with Gasteiger partial charge in [-0.1, -0.05) is 5.21 Å². The van der Waals surface area contributed by atoms with Gasteiger partial charge in [0.1, 0.15) is 5.60 Å². The lowest BCUT2D eigenvalue weighted by Gasteiger charge is -2.34. The molecule has 0 bridgehead atoms. The van der Waals surface area contributed by atoms with Crippen molar-refractivity contribution in [1.29, 1.82) is 0 Å². The van der Waals surface area contributed by atoms with E-state index in [-0.39, 0.29) is 18.3 Å². The first kappa shape index (κ1) is 14.3. The second-order valence-electron chi connectivity index (χ2n) is 5.83. The summed E-state index contributed by atoms with van der Waals surface area (Å²) < 4.78 is 6.85. The average Bonchev–Trinajstić information content (AvgIpc) is 2.67. The molecule has 0 saturated carbocycles. The quantitative estimate of drug-likeness (QED) is 0.828. The van der Waals surface area contributed by atoms with Crippen molar-refractivity contribution in [1.82, 2.24) is 19.9 Å². The molecule has 0 unspecified atom stereocenters. The largest absolute Gasteiger partial charge is 0.476 e. The van der Waals surface area contributed by atoms with Gasteiger partial charge in [-0.3, -0.25) is 4.90 Å². The standard InChI is InChI=1S/C12H18N4O4/c1-7-5-16-8(9(10(17)18)13-14-16)6-15(7)11(19)20-12(2,3)4/h7H,5-6H2,1-4H3,(H,17,18)/t7-/m0/s1. The molecule has 0 aliphatic carbocycles. The first-order chi connectivity index (χ1) is 9.19. The third-order valence-electron chi connectivity index (χ3n) is 2.96. The number of aromatic carboxylic acids is 1. The van der Waals surface area contributed by atoms with Gasteiger partial charge >= 0.3 is 12.1 Å². The molecular formula is C12H18N4O4. The van der Waals surface area contributed by atoms with Crippen molar-refractivity contribution < 1.29 is 19.4 Å². The summed E-state index contributed by atoms with van der Waals surface area (Å²) >= 11 is 0. The van der Waals surface area contributed by atoms with Crippen molar-refractivity contribution in [2.75, 3.05) is 0 Å². The van der Waals surface area contributed by atoms with Gasteiger partial charge in [0.2, 0.25) is 0 Å². The van der Waals surface area contributed by atoms with E-state index in [4.69, 9.17) is 9.84 Å². The van der Waals surface area contributed by atoms with E-state index in [0.717, 1.165) is 0 Å². The number of carbonyl (C=O) groups is 2. The van der Waals surface area contributed by atoms with Crippen LogP contribution in [-0.2, 0) is 17.8 Å². The Balaban J connectivity index is 2.24. The van der Waals surface area contributed by atoms with E-state index in [1.54, 1.807) is 20.8 Å². The Bertz CT molecular complexity index is 546. The van der Waals surface area contributed by atoms with Gasteiger partial charge in [-0.2, -0.15) is 0 Å². The van der Waals surface area contributed by atoms with Gasteiger partial charge in [-0.25, -0.2) is 14.3 Å². The van der Waals surface area contributed by atoms with Gasteiger partial charge < -0.3 is 9.84 Å². The fraction of sp³-hybridized carbons (Fsp3) is 0.667. The van der Waals surface area contributed by atoms with Crippen LogP contribution in [0.25, 0.3) is 0 Å². The highest BCUT2D eigenvalue weighted by Crippen LogP contribution is 2.21. The van der Waals surface area contributed by atoms with Gasteiger partial charge in [0.05, 0.1) is 24.8 Å². The molecule has 2 heterocycles. The van der Waals surface area contributed by atoms with Crippen LogP contribution in [0, 0.1) is 0 Å². The second kappa shape index (κ2) is 4.77. The van der Waals surface area contributed by atoms with E-state index in [9.17, 15) is 9.59 Å². The first-order valence-electron chi connectivity index (χ1n) is 6.34. The zero-order valence-corrected chi connectivity index (χ0v) is 12.0. The number of ether oxygens (including phenoxy) is 1. The minimum atomic E-state index is -1.15. The van der Waals surface area contributed by atoms with Crippen LogP contribution in [0.15, 0.2) is 0 Å².